The summed E-state index contributed by atoms with van der Waals surface area (Å²) in [5, 5.41) is 12.1. The molecule has 0 radical (unpaired) electrons. The van der Waals surface area contributed by atoms with Crippen LogP contribution in [0.2, 0.25) is 0 Å². The number of carboxylic acids is 1. The van der Waals surface area contributed by atoms with E-state index in [0.29, 0.717) is 0 Å². The van der Waals surface area contributed by atoms with E-state index in [4.69, 9.17) is 0 Å². The summed E-state index contributed by atoms with van der Waals surface area (Å²) < 4.78 is 3.44. The quantitative estimate of drug-likeness (QED) is 0.683. The van der Waals surface area contributed by atoms with Gasteiger partial charge in [0.25, 0.3) is 0 Å². The SMILES string of the molecule is Cc1cc(C)c(-n2cc[n+](-c3c(C)cc(C)cc3C)c2C(=O)[O-])c(C)c1. The van der Waals surface area contributed by atoms with Crippen LogP contribution in [0.3, 0.4) is 0 Å². The van der Waals surface area contributed by atoms with Gasteiger partial charge in [0.15, 0.2) is 5.97 Å². The summed E-state index contributed by atoms with van der Waals surface area (Å²) in [5.41, 5.74) is 8.21. The molecule has 4 heteroatoms. The summed E-state index contributed by atoms with van der Waals surface area (Å²) in [4.78, 5) is 12.1. The van der Waals surface area contributed by atoms with Gasteiger partial charge in [0, 0.05) is 0 Å². The van der Waals surface area contributed by atoms with Crippen molar-refractivity contribution < 1.29 is 14.5 Å². The van der Waals surface area contributed by atoms with E-state index in [1.165, 1.54) is 0 Å². The van der Waals surface area contributed by atoms with Crippen molar-refractivity contribution in [1.82, 2.24) is 4.57 Å². The number of rotatable bonds is 3. The largest absolute Gasteiger partial charge is 0.538 e. The zero-order chi connectivity index (χ0) is 19.2. The second-order valence-corrected chi connectivity index (χ2v) is 7.14. The zero-order valence-electron chi connectivity index (χ0n) is 16.2. The Morgan fingerprint density at radius 1 is 0.846 bits per heavy atom. The number of imidazole rings is 1. The van der Waals surface area contributed by atoms with E-state index >= 15 is 0 Å². The summed E-state index contributed by atoms with van der Waals surface area (Å²) in [6.45, 7) is 12.1. The Bertz CT molecular complexity index is 908. The van der Waals surface area contributed by atoms with Crippen molar-refractivity contribution in [3.8, 4) is 11.4 Å². The number of aryl methyl sites for hydroxylation is 6. The molecule has 1 aromatic heterocycles. The van der Waals surface area contributed by atoms with Gasteiger partial charge in [-0.1, -0.05) is 35.4 Å². The minimum atomic E-state index is -1.20. The molecule has 0 N–H and O–H groups in total. The van der Waals surface area contributed by atoms with Crippen LogP contribution in [-0.2, 0) is 0 Å². The molecule has 0 fully saturated rings. The molecule has 0 saturated heterocycles. The molecule has 0 aliphatic rings. The zero-order valence-corrected chi connectivity index (χ0v) is 16.2. The number of carbonyl (C=O) groups is 1. The maximum Gasteiger partial charge on any atom is 0.315 e. The lowest BCUT2D eigenvalue weighted by Gasteiger charge is -2.13. The van der Waals surface area contributed by atoms with E-state index in [0.717, 1.165) is 44.8 Å². The predicted molar refractivity (Wildman–Crippen MR) is 100 cm³/mol. The van der Waals surface area contributed by atoms with Crippen LogP contribution in [0.5, 0.6) is 0 Å². The molecule has 1 heterocycles. The lowest BCUT2D eigenvalue weighted by molar-refractivity contribution is -0.601. The van der Waals surface area contributed by atoms with Crippen molar-refractivity contribution in [3.05, 3.63) is 75.9 Å². The van der Waals surface area contributed by atoms with E-state index < -0.39 is 5.97 Å². The third-order valence-electron chi connectivity index (χ3n) is 4.76. The number of nitrogens with zero attached hydrogens (tertiary/aromatic N) is 2. The average Bonchev–Trinajstić information content (AvgIpc) is 2.89. The smallest absolute Gasteiger partial charge is 0.315 e. The molecule has 0 aliphatic heterocycles. The van der Waals surface area contributed by atoms with Gasteiger partial charge in [-0.25, -0.2) is 0 Å². The van der Waals surface area contributed by atoms with Crippen LogP contribution in [0.1, 0.15) is 44.0 Å². The maximum absolute atomic E-state index is 12.1. The van der Waals surface area contributed by atoms with Gasteiger partial charge >= 0.3 is 5.82 Å². The highest BCUT2D eigenvalue weighted by Gasteiger charge is 2.26. The number of hydrogen-bond acceptors (Lipinski definition) is 2. The molecule has 4 nitrogen and oxygen atoms in total. The predicted octanol–water partition coefficient (Wildman–Crippen LogP) is 2.97. The molecule has 2 aromatic carbocycles. The molecule has 0 amide bonds. The molecular weight excluding hydrogens is 324 g/mol. The van der Waals surface area contributed by atoms with Crippen molar-refractivity contribution in [3.63, 3.8) is 0 Å². The highest BCUT2D eigenvalue weighted by atomic mass is 16.4. The van der Waals surface area contributed by atoms with Crippen molar-refractivity contribution in [2.45, 2.75) is 41.5 Å². The van der Waals surface area contributed by atoms with Gasteiger partial charge in [-0.05, 0) is 63.8 Å². The van der Waals surface area contributed by atoms with Crippen molar-refractivity contribution in [1.29, 1.82) is 0 Å². The first kappa shape index (κ1) is 17.9. The number of hydrogen-bond donors (Lipinski definition) is 0. The number of carbonyl (C=O) groups excluding carboxylic acids is 1. The highest BCUT2D eigenvalue weighted by molar-refractivity contribution is 5.81. The molecular formula is C22H24N2O2. The molecule has 26 heavy (non-hydrogen) atoms. The molecule has 0 atom stereocenters. The molecule has 3 rings (SSSR count). The Balaban J connectivity index is 2.33. The van der Waals surface area contributed by atoms with Crippen molar-refractivity contribution in [2.24, 2.45) is 0 Å². The minimum Gasteiger partial charge on any atom is -0.538 e. The van der Waals surface area contributed by atoms with Gasteiger partial charge < -0.3 is 9.90 Å². The van der Waals surface area contributed by atoms with Crippen LogP contribution < -0.4 is 9.67 Å². The normalized spacial score (nSPS) is 11.0. The number of carboxylic acid groups (broad SMARTS) is 1. The van der Waals surface area contributed by atoms with E-state index in [9.17, 15) is 9.90 Å². The Hall–Kier alpha value is -2.88. The summed E-state index contributed by atoms with van der Waals surface area (Å²) in [6, 6.07) is 8.25. The van der Waals surface area contributed by atoms with E-state index in [1.807, 2.05) is 41.5 Å². The fraction of sp³-hybridized carbons (Fsp3) is 0.273. The summed E-state index contributed by atoms with van der Waals surface area (Å²) in [5.74, 6) is -1.08. The van der Waals surface area contributed by atoms with Gasteiger partial charge in [-0.2, -0.15) is 9.13 Å². The lowest BCUT2D eigenvalue weighted by atomic mass is 10.0. The van der Waals surface area contributed by atoms with Crippen LogP contribution in [-0.4, -0.2) is 10.5 Å². The fourth-order valence-corrected chi connectivity index (χ4v) is 4.05. The second-order valence-electron chi connectivity index (χ2n) is 7.14. The third-order valence-corrected chi connectivity index (χ3v) is 4.76. The van der Waals surface area contributed by atoms with Gasteiger partial charge in [0.05, 0.1) is 0 Å². The fourth-order valence-electron chi connectivity index (χ4n) is 4.05. The van der Waals surface area contributed by atoms with E-state index in [1.54, 1.807) is 21.5 Å². The summed E-state index contributed by atoms with van der Waals surface area (Å²) in [7, 11) is 0. The van der Waals surface area contributed by atoms with Crippen LogP contribution in [0.25, 0.3) is 11.4 Å². The topological polar surface area (TPSA) is 48.9 Å². The molecule has 3 aromatic rings. The molecule has 0 spiro atoms. The van der Waals surface area contributed by atoms with Crippen LogP contribution in [0.15, 0.2) is 36.7 Å². The van der Waals surface area contributed by atoms with Crippen molar-refractivity contribution >= 4 is 5.97 Å². The Labute approximate surface area is 154 Å². The van der Waals surface area contributed by atoms with E-state index in [2.05, 4.69) is 24.3 Å². The molecule has 0 saturated carbocycles. The van der Waals surface area contributed by atoms with Crippen molar-refractivity contribution in [2.75, 3.05) is 0 Å². The second kappa shape index (κ2) is 6.45. The average molecular weight is 348 g/mol. The van der Waals surface area contributed by atoms with Crippen LogP contribution in [0, 0.1) is 41.5 Å². The van der Waals surface area contributed by atoms with Crippen LogP contribution >= 0.6 is 0 Å². The molecule has 0 bridgehead atoms. The van der Waals surface area contributed by atoms with E-state index in [-0.39, 0.29) is 5.82 Å². The highest BCUT2D eigenvalue weighted by Crippen LogP contribution is 2.23. The number of benzene rings is 2. The summed E-state index contributed by atoms with van der Waals surface area (Å²) >= 11 is 0. The molecule has 0 unspecified atom stereocenters. The summed E-state index contributed by atoms with van der Waals surface area (Å²) in [6.07, 6.45) is 3.60. The first-order chi connectivity index (χ1) is 12.2. The minimum absolute atomic E-state index is 0.120. The Morgan fingerprint density at radius 3 is 1.77 bits per heavy atom. The number of aromatic carboxylic acids is 1. The van der Waals surface area contributed by atoms with Gasteiger partial charge in [-0.3, -0.25) is 0 Å². The molecule has 0 aliphatic carbocycles. The van der Waals surface area contributed by atoms with Crippen LogP contribution in [0.4, 0.5) is 0 Å². The number of aromatic nitrogens is 2. The maximum atomic E-state index is 12.1. The van der Waals surface area contributed by atoms with Gasteiger partial charge in [0.1, 0.15) is 23.8 Å². The lowest BCUT2D eigenvalue weighted by Crippen LogP contribution is -2.43. The van der Waals surface area contributed by atoms with Gasteiger partial charge in [-0.15, -0.1) is 0 Å². The standard InChI is InChI=1S/C22H24N2O2/c1-13-9-15(3)19(16(4)10-13)23-7-8-24(21(23)22(25)26)20-17(5)11-14(2)12-18(20)6/h7-12H,1-6H3. The third kappa shape index (κ3) is 2.92. The molecule has 134 valence electrons. The Morgan fingerprint density at radius 2 is 1.31 bits per heavy atom. The Kier molecular flexibility index (Phi) is 4.45. The van der Waals surface area contributed by atoms with Gasteiger partial charge in [0.2, 0.25) is 0 Å². The monoisotopic (exact) mass is 348 g/mol. The first-order valence-electron chi connectivity index (χ1n) is 8.71. The first-order valence-corrected chi connectivity index (χ1v) is 8.71.